The van der Waals surface area contributed by atoms with Gasteiger partial charge in [0.05, 0.1) is 11.3 Å². The first-order chi connectivity index (χ1) is 15.9. The second kappa shape index (κ2) is 9.22. The molecule has 0 aromatic carbocycles. The molecule has 2 aromatic rings. The zero-order valence-corrected chi connectivity index (χ0v) is 18.1. The van der Waals surface area contributed by atoms with Crippen LogP contribution in [0, 0.1) is 11.3 Å². The first-order valence-electron chi connectivity index (χ1n) is 10.5. The van der Waals surface area contributed by atoms with E-state index < -0.39 is 12.1 Å². The van der Waals surface area contributed by atoms with Crippen LogP contribution in [0.4, 0.5) is 22.1 Å². The number of nitrogen functional groups attached to an aromatic ring is 1. The number of hydrogen-bond donors (Lipinski definition) is 2. The maximum atomic E-state index is 12.9. The third-order valence-corrected chi connectivity index (χ3v) is 5.82. The smallest absolute Gasteiger partial charge is 0.328 e. The highest BCUT2D eigenvalue weighted by Gasteiger charge is 2.33. The van der Waals surface area contributed by atoms with Gasteiger partial charge in [0.2, 0.25) is 0 Å². The molecule has 11 heteroatoms. The number of carbonyl (C=O) groups is 3. The summed E-state index contributed by atoms with van der Waals surface area (Å²) in [6.07, 6.45) is 3.47. The minimum Gasteiger partial charge on any atom is -0.398 e. The van der Waals surface area contributed by atoms with Gasteiger partial charge in [0.1, 0.15) is 29.5 Å². The van der Waals surface area contributed by atoms with E-state index in [1.807, 2.05) is 12.1 Å². The van der Waals surface area contributed by atoms with Gasteiger partial charge in [-0.05, 0) is 24.5 Å². The molecule has 2 aromatic heterocycles. The third-order valence-electron chi connectivity index (χ3n) is 5.82. The Morgan fingerprint density at radius 1 is 1.42 bits per heavy atom. The number of carbonyl (C=O) groups excluding carboxylic acids is 3. The van der Waals surface area contributed by atoms with E-state index in [9.17, 15) is 14.4 Å². The summed E-state index contributed by atoms with van der Waals surface area (Å²) < 4.78 is 5.19. The van der Waals surface area contributed by atoms with E-state index in [2.05, 4.69) is 15.3 Å². The Balaban J connectivity index is 1.57. The molecule has 0 bridgehead atoms. The zero-order chi connectivity index (χ0) is 23.5. The van der Waals surface area contributed by atoms with Crippen molar-refractivity contribution < 1.29 is 19.1 Å². The molecular formula is C22H23N7O4. The number of urea groups is 1. The van der Waals surface area contributed by atoms with E-state index in [1.165, 1.54) is 24.3 Å². The molecule has 3 N–H and O–H groups in total. The molecule has 1 saturated heterocycles. The van der Waals surface area contributed by atoms with Crippen molar-refractivity contribution >= 4 is 35.5 Å². The van der Waals surface area contributed by atoms with Crippen LogP contribution in [-0.2, 0) is 22.5 Å². The molecule has 1 unspecified atom stereocenters. The number of likely N-dealkylation sites (tertiary alicyclic amines) is 1. The number of aromatic nitrogens is 2. The van der Waals surface area contributed by atoms with Crippen LogP contribution < -0.4 is 16.0 Å². The topological polar surface area (TPSA) is 155 Å². The number of nitrogens with one attached hydrogen (secondary N) is 1. The number of pyridine rings is 2. The summed E-state index contributed by atoms with van der Waals surface area (Å²) in [5.41, 5.74) is 7.86. The lowest BCUT2D eigenvalue weighted by atomic mass is 10.0. The minimum absolute atomic E-state index is 0.109. The fourth-order valence-electron chi connectivity index (χ4n) is 4.09. The number of nitriles is 1. The first-order valence-corrected chi connectivity index (χ1v) is 10.5. The predicted octanol–water partition coefficient (Wildman–Crippen LogP) is 1.47. The quantitative estimate of drug-likeness (QED) is 0.650. The summed E-state index contributed by atoms with van der Waals surface area (Å²) in [4.78, 5) is 48.8. The molecule has 0 aliphatic carbocycles. The molecule has 4 heterocycles. The Hall–Kier alpha value is -4.04. The molecule has 0 spiro atoms. The summed E-state index contributed by atoms with van der Waals surface area (Å²) in [6, 6.07) is 4.70. The molecule has 170 valence electrons. The molecule has 2 aliphatic heterocycles. The van der Waals surface area contributed by atoms with Crippen LogP contribution >= 0.6 is 0 Å². The van der Waals surface area contributed by atoms with Gasteiger partial charge in [-0.15, -0.1) is 0 Å². The highest BCUT2D eigenvalue weighted by atomic mass is 16.5. The molecule has 11 nitrogen and oxygen atoms in total. The highest BCUT2D eigenvalue weighted by molar-refractivity contribution is 6.01. The fraction of sp³-hybridized carbons (Fsp3) is 0.364. The Kier molecular flexibility index (Phi) is 6.19. The van der Waals surface area contributed by atoms with E-state index in [4.69, 9.17) is 15.7 Å². The second-order valence-corrected chi connectivity index (χ2v) is 7.86. The van der Waals surface area contributed by atoms with E-state index in [0.29, 0.717) is 50.0 Å². The van der Waals surface area contributed by atoms with Gasteiger partial charge in [-0.3, -0.25) is 19.8 Å². The average Bonchev–Trinajstić information content (AvgIpc) is 3.17. The minimum atomic E-state index is -0.470. The van der Waals surface area contributed by atoms with Gasteiger partial charge in [0.15, 0.2) is 6.29 Å². The van der Waals surface area contributed by atoms with Crippen LogP contribution in [0.15, 0.2) is 18.3 Å². The lowest BCUT2D eigenvalue weighted by molar-refractivity contribution is -0.136. The van der Waals surface area contributed by atoms with Gasteiger partial charge < -0.3 is 15.4 Å². The molecule has 33 heavy (non-hydrogen) atoms. The third kappa shape index (κ3) is 4.33. The van der Waals surface area contributed by atoms with Gasteiger partial charge in [-0.25, -0.2) is 14.8 Å². The Labute approximate surface area is 190 Å². The average molecular weight is 449 g/mol. The van der Waals surface area contributed by atoms with Crippen LogP contribution in [0.3, 0.4) is 0 Å². The number of hydrogen-bond acceptors (Lipinski definition) is 8. The van der Waals surface area contributed by atoms with Crippen molar-refractivity contribution in [3.8, 4) is 6.07 Å². The zero-order valence-electron chi connectivity index (χ0n) is 18.1. The van der Waals surface area contributed by atoms with Crippen molar-refractivity contribution in [3.63, 3.8) is 0 Å². The summed E-state index contributed by atoms with van der Waals surface area (Å²) in [6.45, 7) is 1.21. The van der Waals surface area contributed by atoms with Crippen LogP contribution in [0.5, 0.6) is 0 Å². The van der Waals surface area contributed by atoms with Gasteiger partial charge in [-0.2, -0.15) is 5.26 Å². The summed E-state index contributed by atoms with van der Waals surface area (Å²) >= 11 is 0. The fourth-order valence-corrected chi connectivity index (χ4v) is 4.09. The lowest BCUT2D eigenvalue weighted by Crippen LogP contribution is -2.40. The van der Waals surface area contributed by atoms with E-state index in [0.717, 1.165) is 5.56 Å². The largest absolute Gasteiger partial charge is 0.398 e. The molecule has 4 rings (SSSR count). The molecule has 1 fully saturated rings. The maximum absolute atomic E-state index is 12.9. The van der Waals surface area contributed by atoms with Crippen LogP contribution in [0.2, 0.25) is 0 Å². The van der Waals surface area contributed by atoms with Gasteiger partial charge in [0, 0.05) is 51.0 Å². The lowest BCUT2D eigenvalue weighted by Gasteiger charge is -2.29. The van der Waals surface area contributed by atoms with Crippen molar-refractivity contribution in [1.29, 1.82) is 5.26 Å². The Morgan fingerprint density at radius 3 is 2.91 bits per heavy atom. The second-order valence-electron chi connectivity index (χ2n) is 7.86. The van der Waals surface area contributed by atoms with Gasteiger partial charge >= 0.3 is 6.03 Å². The standard InChI is InChI=1S/C22H23N7O4/c1-33-18-4-6-28(21(18)31)11-14-7-13-3-2-5-29(20(13)26-17(14)12-30)22(32)27-19-8-16(24)15(9-23)10-25-19/h7-8,10,12,18H,2-6,11H2,1H3,(H3,24,25,27,32). The number of anilines is 3. The number of amides is 3. The summed E-state index contributed by atoms with van der Waals surface area (Å²) in [5.74, 6) is 0.493. The summed E-state index contributed by atoms with van der Waals surface area (Å²) in [7, 11) is 1.50. The summed E-state index contributed by atoms with van der Waals surface area (Å²) in [5, 5.41) is 11.6. The molecule has 1 atom stereocenters. The van der Waals surface area contributed by atoms with Gasteiger partial charge in [0.25, 0.3) is 5.91 Å². The van der Waals surface area contributed by atoms with Crippen molar-refractivity contribution in [1.82, 2.24) is 14.9 Å². The molecule has 2 aliphatic rings. The number of aldehydes is 1. The molecule has 0 saturated carbocycles. The number of nitrogens with zero attached hydrogens (tertiary/aromatic N) is 5. The van der Waals surface area contributed by atoms with Crippen LogP contribution in [0.1, 0.15) is 40.0 Å². The SMILES string of the molecule is COC1CCN(Cc2cc3c(nc2C=O)N(C(=O)Nc2cc(N)c(C#N)cn2)CCC3)C1=O. The van der Waals surface area contributed by atoms with E-state index in [1.54, 1.807) is 4.90 Å². The number of rotatable bonds is 5. The monoisotopic (exact) mass is 449 g/mol. The first kappa shape index (κ1) is 22.2. The Bertz CT molecular complexity index is 1160. The van der Waals surface area contributed by atoms with E-state index in [-0.39, 0.29) is 35.2 Å². The van der Waals surface area contributed by atoms with Gasteiger partial charge in [-0.1, -0.05) is 0 Å². The Morgan fingerprint density at radius 2 is 2.24 bits per heavy atom. The number of fused-ring (bicyclic) bond motifs is 1. The number of aryl methyl sites for hydroxylation is 1. The normalized spacial score (nSPS) is 17.5. The number of methoxy groups -OCH3 is 1. The number of nitrogens with two attached hydrogens (primary N) is 1. The maximum Gasteiger partial charge on any atom is 0.328 e. The van der Waals surface area contributed by atoms with Crippen molar-refractivity contribution in [3.05, 3.63) is 40.7 Å². The highest BCUT2D eigenvalue weighted by Crippen LogP contribution is 2.29. The van der Waals surface area contributed by atoms with Crippen molar-refractivity contribution in [2.45, 2.75) is 31.9 Å². The molecule has 0 radical (unpaired) electrons. The van der Waals surface area contributed by atoms with Crippen LogP contribution in [-0.4, -0.2) is 59.4 Å². The molecule has 3 amide bonds. The van der Waals surface area contributed by atoms with E-state index >= 15 is 0 Å². The van der Waals surface area contributed by atoms with Crippen molar-refractivity contribution in [2.24, 2.45) is 0 Å². The van der Waals surface area contributed by atoms with Crippen LogP contribution in [0.25, 0.3) is 0 Å². The van der Waals surface area contributed by atoms with Crippen molar-refractivity contribution in [2.75, 3.05) is 36.1 Å². The molecular weight excluding hydrogens is 426 g/mol. The predicted molar refractivity (Wildman–Crippen MR) is 119 cm³/mol. The number of ether oxygens (including phenoxy) is 1.